The van der Waals surface area contributed by atoms with E-state index >= 15 is 0 Å². The molecule has 2 rings (SSSR count). The Hall–Kier alpha value is -1.20. The Bertz CT molecular complexity index is 473. The summed E-state index contributed by atoms with van der Waals surface area (Å²) in [6.07, 6.45) is 2.57. The molecule has 1 amide bonds. The predicted molar refractivity (Wildman–Crippen MR) is 87.7 cm³/mol. The maximum Gasteiger partial charge on any atom is 0.233 e. The van der Waals surface area contributed by atoms with Gasteiger partial charge in [-0.05, 0) is 57.0 Å². The number of benzene rings is 1. The van der Waals surface area contributed by atoms with Crippen molar-refractivity contribution in [3.63, 3.8) is 0 Å². The average Bonchev–Trinajstić information content (AvgIpc) is 2.97. The smallest absolute Gasteiger partial charge is 0.233 e. The number of nitrogens with one attached hydrogen (secondary N) is 1. The van der Waals surface area contributed by atoms with E-state index in [0.717, 1.165) is 24.4 Å². The van der Waals surface area contributed by atoms with E-state index in [1.165, 1.54) is 43.5 Å². The van der Waals surface area contributed by atoms with Crippen LogP contribution in [-0.2, 0) is 4.79 Å². The molecule has 1 N–H and O–H groups in total. The van der Waals surface area contributed by atoms with E-state index < -0.39 is 0 Å². The third kappa shape index (κ3) is 5.25. The third-order valence-corrected chi connectivity index (χ3v) is 4.52. The summed E-state index contributed by atoms with van der Waals surface area (Å²) in [7, 11) is 0. The van der Waals surface area contributed by atoms with Crippen LogP contribution in [0.25, 0.3) is 0 Å². The SMILES string of the molecule is Cc1cccc(OSCC(=O)NCCN2CCCC2)c1C. The van der Waals surface area contributed by atoms with Crippen molar-refractivity contribution in [1.29, 1.82) is 0 Å². The summed E-state index contributed by atoms with van der Waals surface area (Å²) in [6.45, 7) is 8.09. The number of carbonyl (C=O) groups is 1. The number of nitrogens with zero attached hydrogens (tertiary/aromatic N) is 1. The van der Waals surface area contributed by atoms with Crippen LogP contribution in [0.4, 0.5) is 0 Å². The lowest BCUT2D eigenvalue weighted by molar-refractivity contribution is -0.118. The maximum absolute atomic E-state index is 11.7. The largest absolute Gasteiger partial charge is 0.425 e. The molecule has 4 nitrogen and oxygen atoms in total. The van der Waals surface area contributed by atoms with Gasteiger partial charge in [0.15, 0.2) is 0 Å². The van der Waals surface area contributed by atoms with E-state index in [1.807, 2.05) is 19.1 Å². The Morgan fingerprint density at radius 3 is 2.86 bits per heavy atom. The first-order chi connectivity index (χ1) is 10.2. The third-order valence-electron chi connectivity index (χ3n) is 3.84. The molecule has 0 bridgehead atoms. The van der Waals surface area contributed by atoms with Gasteiger partial charge >= 0.3 is 0 Å². The fourth-order valence-corrected chi connectivity index (χ4v) is 2.95. The molecule has 1 aliphatic heterocycles. The van der Waals surface area contributed by atoms with Crippen LogP contribution in [0.1, 0.15) is 24.0 Å². The zero-order valence-corrected chi connectivity index (χ0v) is 13.7. The normalized spacial score (nSPS) is 15.1. The van der Waals surface area contributed by atoms with Crippen LogP contribution < -0.4 is 9.50 Å². The van der Waals surface area contributed by atoms with Crippen molar-refractivity contribution in [3.8, 4) is 5.75 Å². The van der Waals surface area contributed by atoms with E-state index in [1.54, 1.807) is 0 Å². The Labute approximate surface area is 131 Å². The highest BCUT2D eigenvalue weighted by molar-refractivity contribution is 7.95. The Morgan fingerprint density at radius 1 is 1.33 bits per heavy atom. The molecule has 116 valence electrons. The van der Waals surface area contributed by atoms with E-state index in [0.29, 0.717) is 5.75 Å². The van der Waals surface area contributed by atoms with Gasteiger partial charge in [0.2, 0.25) is 5.91 Å². The van der Waals surface area contributed by atoms with Crippen LogP contribution in [0.15, 0.2) is 18.2 Å². The molecule has 1 fully saturated rings. The lowest BCUT2D eigenvalue weighted by Gasteiger charge is -2.14. The molecule has 0 radical (unpaired) electrons. The number of rotatable bonds is 7. The number of amides is 1. The second-order valence-corrected chi connectivity index (χ2v) is 6.13. The predicted octanol–water partition coefficient (Wildman–Crippen LogP) is 2.54. The first-order valence-corrected chi connectivity index (χ1v) is 8.42. The van der Waals surface area contributed by atoms with Crippen LogP contribution in [0.5, 0.6) is 5.75 Å². The molecular formula is C16H24N2O2S. The Morgan fingerprint density at radius 2 is 2.10 bits per heavy atom. The number of likely N-dealkylation sites (tertiary alicyclic amines) is 1. The van der Waals surface area contributed by atoms with Gasteiger partial charge in [-0.25, -0.2) is 0 Å². The van der Waals surface area contributed by atoms with E-state index in [2.05, 4.69) is 23.2 Å². The van der Waals surface area contributed by atoms with E-state index in [4.69, 9.17) is 4.18 Å². The molecule has 0 saturated carbocycles. The van der Waals surface area contributed by atoms with Gasteiger partial charge in [0, 0.05) is 13.1 Å². The molecule has 0 atom stereocenters. The molecule has 5 heteroatoms. The topological polar surface area (TPSA) is 41.6 Å². The summed E-state index contributed by atoms with van der Waals surface area (Å²) in [6, 6.07) is 5.95. The quantitative estimate of drug-likeness (QED) is 0.786. The highest BCUT2D eigenvalue weighted by atomic mass is 32.2. The second-order valence-electron chi connectivity index (χ2n) is 5.44. The van der Waals surface area contributed by atoms with Crippen LogP contribution in [0, 0.1) is 13.8 Å². The monoisotopic (exact) mass is 308 g/mol. The Balaban J connectivity index is 1.61. The molecule has 0 spiro atoms. The summed E-state index contributed by atoms with van der Waals surface area (Å²) in [5.41, 5.74) is 2.32. The first-order valence-electron chi connectivity index (χ1n) is 7.51. The van der Waals surface area contributed by atoms with Gasteiger partial charge in [-0.1, -0.05) is 12.1 Å². The minimum Gasteiger partial charge on any atom is -0.425 e. The van der Waals surface area contributed by atoms with Gasteiger partial charge in [-0.15, -0.1) is 0 Å². The second kappa shape index (κ2) is 8.29. The number of hydrogen-bond acceptors (Lipinski definition) is 4. The highest BCUT2D eigenvalue weighted by Gasteiger charge is 2.11. The van der Waals surface area contributed by atoms with Crippen LogP contribution >= 0.6 is 12.0 Å². The minimum atomic E-state index is 0.0319. The summed E-state index contributed by atoms with van der Waals surface area (Å²) in [4.78, 5) is 14.1. The molecule has 1 aromatic carbocycles. The number of carbonyl (C=O) groups excluding carboxylic acids is 1. The summed E-state index contributed by atoms with van der Waals surface area (Å²) in [5, 5.41) is 2.94. The van der Waals surface area contributed by atoms with Gasteiger partial charge in [0.05, 0.1) is 12.0 Å². The lowest BCUT2D eigenvalue weighted by atomic mass is 10.1. The average molecular weight is 308 g/mol. The van der Waals surface area contributed by atoms with Crippen molar-refractivity contribution < 1.29 is 8.98 Å². The van der Waals surface area contributed by atoms with Gasteiger partial charge < -0.3 is 14.4 Å². The first kappa shape index (κ1) is 16.2. The van der Waals surface area contributed by atoms with Gasteiger partial charge in [0.1, 0.15) is 11.5 Å². The van der Waals surface area contributed by atoms with Gasteiger partial charge in [-0.2, -0.15) is 0 Å². The lowest BCUT2D eigenvalue weighted by Crippen LogP contribution is -2.34. The van der Waals surface area contributed by atoms with Gasteiger partial charge in [0.25, 0.3) is 0 Å². The molecule has 0 aliphatic carbocycles. The van der Waals surface area contributed by atoms with Gasteiger partial charge in [-0.3, -0.25) is 4.79 Å². The van der Waals surface area contributed by atoms with E-state index in [-0.39, 0.29) is 5.91 Å². The Kier molecular flexibility index (Phi) is 6.39. The van der Waals surface area contributed by atoms with Crippen molar-refractivity contribution in [3.05, 3.63) is 29.3 Å². The van der Waals surface area contributed by atoms with Crippen molar-refractivity contribution in [1.82, 2.24) is 10.2 Å². The molecule has 1 saturated heterocycles. The summed E-state index contributed by atoms with van der Waals surface area (Å²) in [5.74, 6) is 1.20. The molecule has 1 aliphatic rings. The number of hydrogen-bond donors (Lipinski definition) is 1. The number of aryl methyl sites for hydroxylation is 1. The fraction of sp³-hybridized carbons (Fsp3) is 0.562. The molecule has 0 unspecified atom stereocenters. The molecule has 21 heavy (non-hydrogen) atoms. The standard InChI is InChI=1S/C16H24N2O2S/c1-13-6-5-7-15(14(13)2)20-21-12-16(19)17-8-11-18-9-3-4-10-18/h5-7H,3-4,8-12H2,1-2H3,(H,17,19). The molecule has 1 heterocycles. The summed E-state index contributed by atoms with van der Waals surface area (Å²) >= 11 is 1.19. The van der Waals surface area contributed by atoms with Crippen molar-refractivity contribution in [2.24, 2.45) is 0 Å². The van der Waals surface area contributed by atoms with Crippen LogP contribution in [-0.4, -0.2) is 42.7 Å². The fourth-order valence-electron chi connectivity index (χ4n) is 2.37. The van der Waals surface area contributed by atoms with Crippen molar-refractivity contribution in [2.75, 3.05) is 31.9 Å². The summed E-state index contributed by atoms with van der Waals surface area (Å²) < 4.78 is 5.61. The molecular weight excluding hydrogens is 284 g/mol. The maximum atomic E-state index is 11.7. The zero-order chi connectivity index (χ0) is 15.1. The molecule has 1 aromatic rings. The minimum absolute atomic E-state index is 0.0319. The molecule has 0 aromatic heterocycles. The van der Waals surface area contributed by atoms with E-state index in [9.17, 15) is 4.79 Å². The highest BCUT2D eigenvalue weighted by Crippen LogP contribution is 2.23. The van der Waals surface area contributed by atoms with Crippen molar-refractivity contribution >= 4 is 17.9 Å². The van der Waals surface area contributed by atoms with Crippen molar-refractivity contribution in [2.45, 2.75) is 26.7 Å². The zero-order valence-electron chi connectivity index (χ0n) is 12.9. The van der Waals surface area contributed by atoms with Crippen LogP contribution in [0.3, 0.4) is 0 Å². The van der Waals surface area contributed by atoms with Crippen LogP contribution in [0.2, 0.25) is 0 Å².